The van der Waals surface area contributed by atoms with E-state index in [1.165, 1.54) is 6.42 Å². The Bertz CT molecular complexity index is 444. The minimum Gasteiger partial charge on any atom is -0.368 e. The highest BCUT2D eigenvalue weighted by Gasteiger charge is 2.25. The minimum absolute atomic E-state index is 0.163. The van der Waals surface area contributed by atoms with Crippen molar-refractivity contribution in [1.82, 2.24) is 9.88 Å². The molecule has 2 rings (SSSR count). The lowest BCUT2D eigenvalue weighted by Gasteiger charge is -2.35. The van der Waals surface area contributed by atoms with Crippen molar-refractivity contribution in [3.8, 4) is 0 Å². The van der Waals surface area contributed by atoms with E-state index in [9.17, 15) is 4.79 Å². The lowest BCUT2D eigenvalue weighted by molar-refractivity contribution is -0.132. The fourth-order valence-corrected chi connectivity index (χ4v) is 2.70. The summed E-state index contributed by atoms with van der Waals surface area (Å²) in [6.07, 6.45) is 6.32. The van der Waals surface area contributed by atoms with E-state index in [4.69, 9.17) is 0 Å². The molecule has 0 unspecified atom stereocenters. The standard InChI is InChI=1S/C16H25N3O/c1-4-12(2)18-16-9-8-14(11-17-16)15-7-5-6-10-19(15)13(3)20/h8-9,11-12,15H,4-7,10H2,1-3H3,(H,17,18)/t12-,15-/m0/s1. The molecule has 0 spiro atoms. The molecule has 0 bridgehead atoms. The van der Waals surface area contributed by atoms with Crippen molar-refractivity contribution in [1.29, 1.82) is 0 Å². The molecular weight excluding hydrogens is 250 g/mol. The molecule has 0 saturated carbocycles. The van der Waals surface area contributed by atoms with Gasteiger partial charge in [0.05, 0.1) is 6.04 Å². The van der Waals surface area contributed by atoms with Gasteiger partial charge in [-0.2, -0.15) is 0 Å². The molecule has 2 atom stereocenters. The van der Waals surface area contributed by atoms with Crippen LogP contribution in [0.2, 0.25) is 0 Å². The molecule has 110 valence electrons. The predicted molar refractivity (Wildman–Crippen MR) is 81.6 cm³/mol. The second kappa shape index (κ2) is 6.73. The molecule has 20 heavy (non-hydrogen) atoms. The first-order valence-electron chi connectivity index (χ1n) is 7.61. The van der Waals surface area contributed by atoms with Crippen LogP contribution in [0.1, 0.15) is 58.1 Å². The zero-order valence-electron chi connectivity index (χ0n) is 12.7. The minimum atomic E-state index is 0.163. The van der Waals surface area contributed by atoms with Crippen molar-refractivity contribution in [2.45, 2.75) is 58.5 Å². The van der Waals surface area contributed by atoms with E-state index in [0.29, 0.717) is 6.04 Å². The summed E-state index contributed by atoms with van der Waals surface area (Å²) in [5.41, 5.74) is 1.15. The third-order valence-corrected chi connectivity index (χ3v) is 4.09. The van der Waals surface area contributed by atoms with E-state index < -0.39 is 0 Å². The van der Waals surface area contributed by atoms with Gasteiger partial charge in [0.15, 0.2) is 0 Å². The Balaban J connectivity index is 2.09. The summed E-state index contributed by atoms with van der Waals surface area (Å²) >= 11 is 0. The highest BCUT2D eigenvalue weighted by molar-refractivity contribution is 5.74. The van der Waals surface area contributed by atoms with Crippen LogP contribution in [0.5, 0.6) is 0 Å². The normalized spacial score (nSPS) is 20.6. The molecule has 1 saturated heterocycles. The van der Waals surface area contributed by atoms with E-state index in [0.717, 1.165) is 37.2 Å². The SMILES string of the molecule is CC[C@H](C)Nc1ccc([C@@H]2CCCCN2C(C)=O)cn1. The number of pyridine rings is 1. The molecular formula is C16H25N3O. The van der Waals surface area contributed by atoms with Crippen LogP contribution in [0.25, 0.3) is 0 Å². The molecule has 2 heterocycles. The van der Waals surface area contributed by atoms with Crippen molar-refractivity contribution in [2.24, 2.45) is 0 Å². The Hall–Kier alpha value is -1.58. The molecule has 0 aliphatic carbocycles. The van der Waals surface area contributed by atoms with Crippen molar-refractivity contribution < 1.29 is 4.79 Å². The van der Waals surface area contributed by atoms with Gasteiger partial charge in [0.2, 0.25) is 5.91 Å². The first-order chi connectivity index (χ1) is 9.61. The highest BCUT2D eigenvalue weighted by atomic mass is 16.2. The number of nitrogens with one attached hydrogen (secondary N) is 1. The molecule has 1 amide bonds. The van der Waals surface area contributed by atoms with Crippen LogP contribution in [-0.4, -0.2) is 28.4 Å². The molecule has 4 nitrogen and oxygen atoms in total. The van der Waals surface area contributed by atoms with Gasteiger partial charge in [0.1, 0.15) is 5.82 Å². The third kappa shape index (κ3) is 3.50. The average molecular weight is 275 g/mol. The smallest absolute Gasteiger partial charge is 0.219 e. The number of nitrogens with zero attached hydrogens (tertiary/aromatic N) is 2. The summed E-state index contributed by atoms with van der Waals surface area (Å²) in [5.74, 6) is 1.07. The molecule has 1 aromatic rings. The van der Waals surface area contributed by atoms with Gasteiger partial charge < -0.3 is 10.2 Å². The molecule has 1 N–H and O–H groups in total. The van der Waals surface area contributed by atoms with Gasteiger partial charge in [-0.3, -0.25) is 4.79 Å². The number of hydrogen-bond acceptors (Lipinski definition) is 3. The number of carbonyl (C=O) groups is 1. The van der Waals surface area contributed by atoms with Crippen LogP contribution in [0.3, 0.4) is 0 Å². The summed E-state index contributed by atoms with van der Waals surface area (Å²) in [6.45, 7) is 6.82. The van der Waals surface area contributed by atoms with Crippen molar-refractivity contribution in [3.05, 3.63) is 23.9 Å². The Morgan fingerprint density at radius 1 is 1.50 bits per heavy atom. The second-order valence-electron chi connectivity index (χ2n) is 5.65. The lowest BCUT2D eigenvalue weighted by Crippen LogP contribution is -2.36. The van der Waals surface area contributed by atoms with Gasteiger partial charge in [-0.15, -0.1) is 0 Å². The summed E-state index contributed by atoms with van der Waals surface area (Å²) < 4.78 is 0. The number of rotatable bonds is 4. The van der Waals surface area contributed by atoms with Crippen molar-refractivity contribution >= 4 is 11.7 Å². The van der Waals surface area contributed by atoms with Crippen LogP contribution in [0, 0.1) is 0 Å². The molecule has 0 radical (unpaired) electrons. The summed E-state index contributed by atoms with van der Waals surface area (Å²) in [4.78, 5) is 18.2. The van der Waals surface area contributed by atoms with E-state index in [1.807, 2.05) is 17.2 Å². The number of carbonyl (C=O) groups excluding carboxylic acids is 1. The zero-order valence-corrected chi connectivity index (χ0v) is 12.7. The number of aromatic nitrogens is 1. The van der Waals surface area contributed by atoms with Gasteiger partial charge in [-0.25, -0.2) is 4.98 Å². The molecule has 4 heteroatoms. The Morgan fingerprint density at radius 3 is 2.90 bits per heavy atom. The van der Waals surface area contributed by atoms with Gasteiger partial charge >= 0.3 is 0 Å². The van der Waals surface area contributed by atoms with Gasteiger partial charge in [-0.1, -0.05) is 13.0 Å². The summed E-state index contributed by atoms with van der Waals surface area (Å²) in [7, 11) is 0. The van der Waals surface area contributed by atoms with E-state index in [1.54, 1.807) is 6.92 Å². The Morgan fingerprint density at radius 2 is 2.30 bits per heavy atom. The quantitative estimate of drug-likeness (QED) is 0.916. The molecule has 1 aromatic heterocycles. The number of amides is 1. The molecule has 1 aliphatic rings. The topological polar surface area (TPSA) is 45.2 Å². The lowest BCUT2D eigenvalue weighted by atomic mass is 9.96. The van der Waals surface area contributed by atoms with Crippen LogP contribution < -0.4 is 5.32 Å². The monoisotopic (exact) mass is 275 g/mol. The number of piperidine rings is 1. The third-order valence-electron chi connectivity index (χ3n) is 4.09. The van der Waals surface area contributed by atoms with Crippen LogP contribution in [0.4, 0.5) is 5.82 Å². The Kier molecular flexibility index (Phi) is 4.99. The molecule has 1 aliphatic heterocycles. The maximum absolute atomic E-state index is 11.7. The van der Waals surface area contributed by atoms with Gasteiger partial charge in [0.25, 0.3) is 0 Å². The van der Waals surface area contributed by atoms with Crippen LogP contribution in [-0.2, 0) is 4.79 Å². The van der Waals surface area contributed by atoms with Crippen LogP contribution in [0.15, 0.2) is 18.3 Å². The maximum atomic E-state index is 11.7. The summed E-state index contributed by atoms with van der Waals surface area (Å²) in [6, 6.07) is 4.75. The molecule has 1 fully saturated rings. The fourth-order valence-electron chi connectivity index (χ4n) is 2.70. The number of hydrogen-bond donors (Lipinski definition) is 1. The van der Waals surface area contributed by atoms with Gasteiger partial charge in [-0.05, 0) is 44.2 Å². The molecule has 0 aromatic carbocycles. The predicted octanol–water partition coefficient (Wildman–Crippen LogP) is 3.37. The second-order valence-corrected chi connectivity index (χ2v) is 5.65. The van der Waals surface area contributed by atoms with E-state index >= 15 is 0 Å². The zero-order chi connectivity index (χ0) is 14.5. The number of likely N-dealkylation sites (tertiary alicyclic amines) is 1. The van der Waals surface area contributed by atoms with Gasteiger partial charge in [0, 0.05) is 25.7 Å². The number of anilines is 1. The largest absolute Gasteiger partial charge is 0.368 e. The van der Waals surface area contributed by atoms with E-state index in [2.05, 4.69) is 30.2 Å². The summed E-state index contributed by atoms with van der Waals surface area (Å²) in [5, 5.41) is 3.36. The van der Waals surface area contributed by atoms with E-state index in [-0.39, 0.29) is 11.9 Å². The average Bonchev–Trinajstić information content (AvgIpc) is 2.48. The highest BCUT2D eigenvalue weighted by Crippen LogP contribution is 2.30. The van der Waals surface area contributed by atoms with Crippen molar-refractivity contribution in [3.63, 3.8) is 0 Å². The fraction of sp³-hybridized carbons (Fsp3) is 0.625. The van der Waals surface area contributed by atoms with Crippen LogP contribution >= 0.6 is 0 Å². The van der Waals surface area contributed by atoms with Crippen molar-refractivity contribution in [2.75, 3.05) is 11.9 Å². The maximum Gasteiger partial charge on any atom is 0.219 e. The first-order valence-corrected chi connectivity index (χ1v) is 7.61. The first kappa shape index (κ1) is 14.8. The Labute approximate surface area is 121 Å².